The Kier molecular flexibility index (Phi) is 4.12. The van der Waals surface area contributed by atoms with Gasteiger partial charge in [0.15, 0.2) is 0 Å². The second-order valence-electron chi connectivity index (χ2n) is 4.58. The number of carbonyl (C=O) groups excluding carboxylic acids is 1. The molecule has 0 bridgehead atoms. The first-order valence-corrected chi connectivity index (χ1v) is 5.19. The number of hydrogen-bond donors (Lipinski definition) is 1. The minimum absolute atomic E-state index is 0.323. The maximum absolute atomic E-state index is 11.8. The zero-order chi connectivity index (χ0) is 12.2. The van der Waals surface area contributed by atoms with E-state index in [0.29, 0.717) is 19.8 Å². The summed E-state index contributed by atoms with van der Waals surface area (Å²) in [5, 5.41) is 11.4. The van der Waals surface area contributed by atoms with Gasteiger partial charge < -0.3 is 14.7 Å². The van der Waals surface area contributed by atoms with Crippen molar-refractivity contribution in [3.05, 3.63) is 0 Å². The van der Waals surface area contributed by atoms with Crippen molar-refractivity contribution in [2.24, 2.45) is 5.16 Å². The zero-order valence-electron chi connectivity index (χ0n) is 9.84. The number of nitrogens with zero attached hydrogens (tertiary/aromatic N) is 2. The number of carbonyl (C=O) groups is 1. The van der Waals surface area contributed by atoms with Crippen molar-refractivity contribution < 1.29 is 19.5 Å². The molecule has 1 aliphatic rings. The quantitative estimate of drug-likeness (QED) is 0.415. The summed E-state index contributed by atoms with van der Waals surface area (Å²) >= 11 is 0. The molecule has 0 saturated carbocycles. The van der Waals surface area contributed by atoms with Crippen LogP contribution >= 0.6 is 0 Å². The minimum atomic E-state index is -0.531. The Labute approximate surface area is 94.8 Å². The standard InChI is InChI=1S/C10H18N2O4/c1-10(2,3)16-9(13)12-4-5-15-7-8(12)6-11-14/h6,8,14H,4-5,7H2,1-3H3/b11-6+. The van der Waals surface area contributed by atoms with Crippen LogP contribution in [0.3, 0.4) is 0 Å². The van der Waals surface area contributed by atoms with Crippen molar-refractivity contribution in [2.75, 3.05) is 19.8 Å². The number of oxime groups is 1. The predicted molar refractivity (Wildman–Crippen MR) is 57.8 cm³/mol. The highest BCUT2D eigenvalue weighted by Crippen LogP contribution is 2.13. The normalized spacial score (nSPS) is 22.4. The molecule has 1 unspecified atom stereocenters. The highest BCUT2D eigenvalue weighted by molar-refractivity contribution is 5.75. The van der Waals surface area contributed by atoms with Crippen molar-refractivity contribution in [1.29, 1.82) is 0 Å². The molecule has 1 amide bonds. The molecule has 0 aliphatic carbocycles. The van der Waals surface area contributed by atoms with E-state index in [1.54, 1.807) is 20.8 Å². The largest absolute Gasteiger partial charge is 0.444 e. The molecule has 1 N–H and O–H groups in total. The maximum Gasteiger partial charge on any atom is 0.410 e. The molecule has 1 heterocycles. The van der Waals surface area contributed by atoms with Gasteiger partial charge in [-0.15, -0.1) is 0 Å². The van der Waals surface area contributed by atoms with Crippen LogP contribution in [-0.2, 0) is 9.47 Å². The third-order valence-electron chi connectivity index (χ3n) is 2.03. The first kappa shape index (κ1) is 12.8. The van der Waals surface area contributed by atoms with Crippen LogP contribution in [0.4, 0.5) is 4.79 Å². The Bertz CT molecular complexity index is 272. The third-order valence-corrected chi connectivity index (χ3v) is 2.03. The topological polar surface area (TPSA) is 71.4 Å². The summed E-state index contributed by atoms with van der Waals surface area (Å²) in [6.07, 6.45) is 0.851. The summed E-state index contributed by atoms with van der Waals surface area (Å²) in [7, 11) is 0. The lowest BCUT2D eigenvalue weighted by atomic mass is 10.2. The lowest BCUT2D eigenvalue weighted by Gasteiger charge is -2.34. The Morgan fingerprint density at radius 1 is 1.62 bits per heavy atom. The van der Waals surface area contributed by atoms with E-state index in [0.717, 1.165) is 0 Å². The fourth-order valence-corrected chi connectivity index (χ4v) is 1.37. The number of rotatable bonds is 1. The van der Waals surface area contributed by atoms with Crippen LogP contribution in [0.15, 0.2) is 5.16 Å². The van der Waals surface area contributed by atoms with Crippen LogP contribution < -0.4 is 0 Å². The van der Waals surface area contributed by atoms with Crippen molar-refractivity contribution in [2.45, 2.75) is 32.4 Å². The van der Waals surface area contributed by atoms with Crippen LogP contribution in [0.2, 0.25) is 0 Å². The molecule has 16 heavy (non-hydrogen) atoms. The van der Waals surface area contributed by atoms with E-state index in [-0.39, 0.29) is 6.04 Å². The van der Waals surface area contributed by atoms with E-state index in [4.69, 9.17) is 14.7 Å². The minimum Gasteiger partial charge on any atom is -0.444 e. The van der Waals surface area contributed by atoms with Gasteiger partial charge in [-0.1, -0.05) is 5.16 Å². The molecule has 0 spiro atoms. The Morgan fingerprint density at radius 3 is 2.88 bits per heavy atom. The van der Waals surface area contributed by atoms with E-state index in [1.165, 1.54) is 11.1 Å². The smallest absolute Gasteiger partial charge is 0.410 e. The van der Waals surface area contributed by atoms with E-state index < -0.39 is 11.7 Å². The summed E-state index contributed by atoms with van der Waals surface area (Å²) < 4.78 is 10.4. The summed E-state index contributed by atoms with van der Waals surface area (Å²) in [6.45, 7) is 6.64. The van der Waals surface area contributed by atoms with Gasteiger partial charge in [0.2, 0.25) is 0 Å². The molecular weight excluding hydrogens is 212 g/mol. The summed E-state index contributed by atoms with van der Waals surface area (Å²) in [5.41, 5.74) is -0.531. The fourth-order valence-electron chi connectivity index (χ4n) is 1.37. The van der Waals surface area contributed by atoms with Crippen LogP contribution in [0.1, 0.15) is 20.8 Å². The highest BCUT2D eigenvalue weighted by Gasteiger charge is 2.30. The first-order chi connectivity index (χ1) is 7.44. The summed E-state index contributed by atoms with van der Waals surface area (Å²) in [5.74, 6) is 0. The Hall–Kier alpha value is -1.30. The number of amides is 1. The van der Waals surface area contributed by atoms with Crippen LogP contribution in [0, 0.1) is 0 Å². The maximum atomic E-state index is 11.8. The molecule has 1 fully saturated rings. The van der Waals surface area contributed by atoms with Crippen molar-refractivity contribution in [3.63, 3.8) is 0 Å². The second kappa shape index (κ2) is 5.16. The monoisotopic (exact) mass is 230 g/mol. The Morgan fingerprint density at radius 2 is 2.31 bits per heavy atom. The van der Waals surface area contributed by atoms with Crippen LogP contribution in [-0.4, -0.2) is 53.8 Å². The molecule has 0 radical (unpaired) electrons. The summed E-state index contributed by atoms with van der Waals surface area (Å²) in [6, 6.07) is -0.367. The molecule has 1 rings (SSSR count). The number of morpholine rings is 1. The molecule has 0 aromatic carbocycles. The van der Waals surface area contributed by atoms with Crippen LogP contribution in [0.25, 0.3) is 0 Å². The Balaban J connectivity index is 2.64. The van der Waals surface area contributed by atoms with E-state index in [1.807, 2.05) is 0 Å². The van der Waals surface area contributed by atoms with Gasteiger partial charge in [0.1, 0.15) is 5.60 Å². The highest BCUT2D eigenvalue weighted by atomic mass is 16.6. The molecule has 1 saturated heterocycles. The van der Waals surface area contributed by atoms with E-state index in [2.05, 4.69) is 5.16 Å². The predicted octanol–water partition coefficient (Wildman–Crippen LogP) is 1.08. The van der Waals surface area contributed by atoms with E-state index in [9.17, 15) is 4.79 Å². The van der Waals surface area contributed by atoms with Gasteiger partial charge >= 0.3 is 6.09 Å². The fraction of sp³-hybridized carbons (Fsp3) is 0.800. The number of ether oxygens (including phenoxy) is 2. The molecule has 6 nitrogen and oxygen atoms in total. The lowest BCUT2D eigenvalue weighted by Crippen LogP contribution is -2.51. The van der Waals surface area contributed by atoms with Gasteiger partial charge in [-0.05, 0) is 20.8 Å². The average Bonchev–Trinajstić information content (AvgIpc) is 2.16. The van der Waals surface area contributed by atoms with Gasteiger partial charge in [-0.2, -0.15) is 0 Å². The van der Waals surface area contributed by atoms with Gasteiger partial charge in [-0.3, -0.25) is 4.90 Å². The van der Waals surface area contributed by atoms with E-state index >= 15 is 0 Å². The lowest BCUT2D eigenvalue weighted by molar-refractivity contribution is -0.0173. The molecule has 92 valence electrons. The van der Waals surface area contributed by atoms with Gasteiger partial charge in [0, 0.05) is 6.54 Å². The molecule has 6 heteroatoms. The first-order valence-electron chi connectivity index (χ1n) is 5.19. The van der Waals surface area contributed by atoms with Gasteiger partial charge in [-0.25, -0.2) is 4.79 Å². The second-order valence-corrected chi connectivity index (χ2v) is 4.58. The van der Waals surface area contributed by atoms with Crippen molar-refractivity contribution in [1.82, 2.24) is 4.90 Å². The van der Waals surface area contributed by atoms with Crippen molar-refractivity contribution in [3.8, 4) is 0 Å². The molecule has 0 aromatic heterocycles. The zero-order valence-corrected chi connectivity index (χ0v) is 9.84. The number of hydrogen-bond acceptors (Lipinski definition) is 5. The third kappa shape index (κ3) is 3.69. The van der Waals surface area contributed by atoms with Gasteiger partial charge in [0.05, 0.1) is 25.5 Å². The SMILES string of the molecule is CC(C)(C)OC(=O)N1CCOCC1/C=N/O. The molecule has 1 aliphatic heterocycles. The van der Waals surface area contributed by atoms with Gasteiger partial charge in [0.25, 0.3) is 0 Å². The average molecular weight is 230 g/mol. The van der Waals surface area contributed by atoms with Crippen molar-refractivity contribution >= 4 is 12.3 Å². The molecular formula is C10H18N2O4. The van der Waals surface area contributed by atoms with Crippen LogP contribution in [0.5, 0.6) is 0 Å². The molecule has 1 atom stereocenters. The summed E-state index contributed by atoms with van der Waals surface area (Å²) in [4.78, 5) is 13.3. The molecule has 0 aromatic rings.